The van der Waals surface area contributed by atoms with Gasteiger partial charge in [0.2, 0.25) is 0 Å². The maximum absolute atomic E-state index is 12.3. The molecule has 142 valence electrons. The maximum Gasteiger partial charge on any atom is 0.387 e. The first-order chi connectivity index (χ1) is 12.8. The fourth-order valence-electron chi connectivity index (χ4n) is 2.53. The van der Waals surface area contributed by atoms with Gasteiger partial charge in [-0.2, -0.15) is 13.9 Å². The van der Waals surface area contributed by atoms with Crippen LogP contribution in [0.1, 0.15) is 27.7 Å². The van der Waals surface area contributed by atoms with Crippen LogP contribution in [-0.4, -0.2) is 22.3 Å². The van der Waals surface area contributed by atoms with Crippen molar-refractivity contribution >= 4 is 23.2 Å². The van der Waals surface area contributed by atoms with Crippen molar-refractivity contribution in [3.05, 3.63) is 64.3 Å². The number of alkyl halides is 2. The lowest BCUT2D eigenvalue weighted by molar-refractivity contribution is -0.0497. The smallest absolute Gasteiger partial charge is 0.387 e. The van der Waals surface area contributed by atoms with Crippen molar-refractivity contribution in [2.45, 2.75) is 27.0 Å². The van der Waals surface area contributed by atoms with E-state index in [9.17, 15) is 13.6 Å². The van der Waals surface area contributed by atoms with Gasteiger partial charge in [0, 0.05) is 11.4 Å². The SMILES string of the molecule is Cc1cc(C)n(Cc2ccc(C(=O)Nc3ccc(OC(F)F)c(Cl)c3)o2)n1. The topological polar surface area (TPSA) is 69.3 Å². The molecule has 0 aliphatic carbocycles. The number of hydrogen-bond donors (Lipinski definition) is 1. The van der Waals surface area contributed by atoms with E-state index in [4.69, 9.17) is 16.0 Å². The zero-order chi connectivity index (χ0) is 19.6. The molecule has 1 aromatic carbocycles. The van der Waals surface area contributed by atoms with Gasteiger partial charge in [-0.3, -0.25) is 9.48 Å². The third-order valence-corrected chi connectivity index (χ3v) is 4.00. The molecule has 9 heteroatoms. The summed E-state index contributed by atoms with van der Waals surface area (Å²) in [5.41, 5.74) is 2.20. The lowest BCUT2D eigenvalue weighted by Crippen LogP contribution is -2.11. The molecule has 27 heavy (non-hydrogen) atoms. The zero-order valence-corrected chi connectivity index (χ0v) is 15.3. The van der Waals surface area contributed by atoms with Crippen molar-refractivity contribution in [1.29, 1.82) is 0 Å². The Morgan fingerprint density at radius 3 is 2.70 bits per heavy atom. The molecular weight excluding hydrogens is 380 g/mol. The molecule has 0 fully saturated rings. The highest BCUT2D eigenvalue weighted by atomic mass is 35.5. The third kappa shape index (κ3) is 4.65. The van der Waals surface area contributed by atoms with E-state index in [-0.39, 0.29) is 16.5 Å². The number of benzene rings is 1. The van der Waals surface area contributed by atoms with Crippen molar-refractivity contribution in [2.24, 2.45) is 0 Å². The predicted molar refractivity (Wildman–Crippen MR) is 95.5 cm³/mol. The number of ether oxygens (including phenoxy) is 1. The van der Waals surface area contributed by atoms with Crippen molar-refractivity contribution in [3.63, 3.8) is 0 Å². The Labute approximate surface area is 158 Å². The van der Waals surface area contributed by atoms with E-state index in [1.54, 1.807) is 16.8 Å². The average molecular weight is 396 g/mol. The molecule has 0 saturated heterocycles. The van der Waals surface area contributed by atoms with E-state index in [2.05, 4.69) is 15.2 Å². The van der Waals surface area contributed by atoms with Gasteiger partial charge in [-0.15, -0.1) is 0 Å². The Morgan fingerprint density at radius 2 is 2.07 bits per heavy atom. The van der Waals surface area contributed by atoms with Gasteiger partial charge in [-0.05, 0) is 50.2 Å². The standard InChI is InChI=1S/C18H16ClF2N3O3/c1-10-7-11(2)24(23-10)9-13-4-6-16(26-13)17(25)22-12-3-5-15(14(19)8-12)27-18(20)21/h3-8,18H,9H2,1-2H3,(H,22,25). The number of carbonyl (C=O) groups is 1. The van der Waals surface area contributed by atoms with Crippen LogP contribution in [0.2, 0.25) is 5.02 Å². The summed E-state index contributed by atoms with van der Waals surface area (Å²) >= 11 is 5.87. The van der Waals surface area contributed by atoms with Gasteiger partial charge >= 0.3 is 6.61 Å². The molecule has 6 nitrogen and oxygen atoms in total. The minimum Gasteiger partial charge on any atom is -0.454 e. The average Bonchev–Trinajstić information content (AvgIpc) is 3.17. The summed E-state index contributed by atoms with van der Waals surface area (Å²) in [5, 5.41) is 6.89. The number of nitrogens with one attached hydrogen (secondary N) is 1. The molecule has 0 radical (unpaired) electrons. The highest BCUT2D eigenvalue weighted by Crippen LogP contribution is 2.29. The molecule has 0 aliphatic heterocycles. The van der Waals surface area contributed by atoms with E-state index < -0.39 is 12.5 Å². The minimum atomic E-state index is -2.98. The number of halogens is 3. The number of aromatic nitrogens is 2. The Kier molecular flexibility index (Phi) is 5.46. The number of nitrogens with zero attached hydrogens (tertiary/aromatic N) is 2. The van der Waals surface area contributed by atoms with Gasteiger partial charge in [0.15, 0.2) is 5.76 Å². The molecule has 1 N–H and O–H groups in total. The normalized spacial score (nSPS) is 11.0. The van der Waals surface area contributed by atoms with Crippen LogP contribution in [0.25, 0.3) is 0 Å². The van der Waals surface area contributed by atoms with Crippen LogP contribution >= 0.6 is 11.6 Å². The lowest BCUT2D eigenvalue weighted by atomic mass is 10.3. The molecule has 0 spiro atoms. The monoisotopic (exact) mass is 395 g/mol. The van der Waals surface area contributed by atoms with Crippen molar-refractivity contribution in [1.82, 2.24) is 9.78 Å². The summed E-state index contributed by atoms with van der Waals surface area (Å²) in [5.74, 6) is 0.0173. The number of anilines is 1. The Balaban J connectivity index is 1.67. The largest absolute Gasteiger partial charge is 0.454 e. The summed E-state index contributed by atoms with van der Waals surface area (Å²) < 4.78 is 36.1. The molecule has 0 unspecified atom stereocenters. The van der Waals surface area contributed by atoms with Crippen LogP contribution in [0.15, 0.2) is 40.8 Å². The highest BCUT2D eigenvalue weighted by molar-refractivity contribution is 6.32. The summed E-state index contributed by atoms with van der Waals surface area (Å²) in [6.07, 6.45) is 0. The van der Waals surface area contributed by atoms with Crippen LogP contribution in [0.5, 0.6) is 5.75 Å². The first-order valence-electron chi connectivity index (χ1n) is 7.97. The molecule has 0 saturated carbocycles. The molecule has 0 bridgehead atoms. The van der Waals surface area contributed by atoms with E-state index >= 15 is 0 Å². The summed E-state index contributed by atoms with van der Waals surface area (Å²) in [4.78, 5) is 12.3. The Hall–Kier alpha value is -2.87. The number of hydrogen-bond acceptors (Lipinski definition) is 4. The molecule has 2 heterocycles. The van der Waals surface area contributed by atoms with Gasteiger partial charge in [0.25, 0.3) is 5.91 Å². The quantitative estimate of drug-likeness (QED) is 0.659. The Morgan fingerprint density at radius 1 is 1.30 bits per heavy atom. The van der Waals surface area contributed by atoms with Crippen molar-refractivity contribution < 1.29 is 22.7 Å². The lowest BCUT2D eigenvalue weighted by Gasteiger charge is -2.09. The van der Waals surface area contributed by atoms with Crippen LogP contribution in [0.4, 0.5) is 14.5 Å². The van der Waals surface area contributed by atoms with Crippen LogP contribution in [0, 0.1) is 13.8 Å². The summed E-state index contributed by atoms with van der Waals surface area (Å²) in [7, 11) is 0. The predicted octanol–water partition coefficient (Wildman–Crippen LogP) is 4.65. The van der Waals surface area contributed by atoms with Crippen molar-refractivity contribution in [2.75, 3.05) is 5.32 Å². The molecular formula is C18H16ClF2N3O3. The zero-order valence-electron chi connectivity index (χ0n) is 14.5. The molecule has 1 amide bonds. The molecule has 3 aromatic rings. The van der Waals surface area contributed by atoms with E-state index in [0.717, 1.165) is 11.4 Å². The number of rotatable bonds is 6. The van der Waals surface area contributed by atoms with Gasteiger partial charge in [-0.1, -0.05) is 11.6 Å². The minimum absolute atomic E-state index is 0.0437. The van der Waals surface area contributed by atoms with Crippen LogP contribution < -0.4 is 10.1 Å². The second kappa shape index (κ2) is 7.79. The first kappa shape index (κ1) is 18.9. The van der Waals surface area contributed by atoms with E-state index in [1.807, 2.05) is 19.9 Å². The maximum atomic E-state index is 12.3. The second-order valence-corrected chi connectivity index (χ2v) is 6.24. The molecule has 0 aliphatic rings. The van der Waals surface area contributed by atoms with Gasteiger partial charge in [-0.25, -0.2) is 0 Å². The third-order valence-electron chi connectivity index (χ3n) is 3.70. The second-order valence-electron chi connectivity index (χ2n) is 5.83. The van der Waals surface area contributed by atoms with Crippen LogP contribution in [-0.2, 0) is 6.54 Å². The van der Waals surface area contributed by atoms with Crippen molar-refractivity contribution in [3.8, 4) is 5.75 Å². The number of amides is 1. The van der Waals surface area contributed by atoms with Crippen LogP contribution in [0.3, 0.4) is 0 Å². The summed E-state index contributed by atoms with van der Waals surface area (Å²) in [6, 6.07) is 9.16. The number of carbonyl (C=O) groups excluding carboxylic acids is 1. The number of furan rings is 1. The highest BCUT2D eigenvalue weighted by Gasteiger charge is 2.14. The van der Waals surface area contributed by atoms with E-state index in [1.165, 1.54) is 18.2 Å². The Bertz CT molecular complexity index is 969. The molecule has 0 atom stereocenters. The fourth-order valence-corrected chi connectivity index (χ4v) is 2.76. The summed E-state index contributed by atoms with van der Waals surface area (Å²) in [6.45, 7) is 1.25. The fraction of sp³-hybridized carbons (Fsp3) is 0.222. The van der Waals surface area contributed by atoms with Gasteiger partial charge in [0.05, 0.1) is 17.3 Å². The molecule has 2 aromatic heterocycles. The van der Waals surface area contributed by atoms with Gasteiger partial charge < -0.3 is 14.5 Å². The van der Waals surface area contributed by atoms with Gasteiger partial charge in [0.1, 0.15) is 11.5 Å². The first-order valence-corrected chi connectivity index (χ1v) is 8.35. The molecule has 3 rings (SSSR count). The number of aryl methyl sites for hydroxylation is 2. The van der Waals surface area contributed by atoms with E-state index in [0.29, 0.717) is 18.0 Å².